The molecule has 0 saturated carbocycles. The fraction of sp³-hybridized carbons (Fsp3) is 0.875. The van der Waals surface area contributed by atoms with Gasteiger partial charge in [-0.3, -0.25) is 9.69 Å². The van der Waals surface area contributed by atoms with E-state index in [-0.39, 0.29) is 18.6 Å². The molecule has 1 atom stereocenters. The standard InChI is InChI=1S/C8H16N2O2/c1-9-8(12)7-3-2-4-10(7)5-6-11/h7,11H,2-6H2,1H3,(H,9,12). The zero-order valence-electron chi connectivity index (χ0n) is 7.42. The van der Waals surface area contributed by atoms with Gasteiger partial charge in [-0.1, -0.05) is 0 Å². The zero-order chi connectivity index (χ0) is 8.97. The molecule has 1 rings (SSSR count). The molecule has 12 heavy (non-hydrogen) atoms. The lowest BCUT2D eigenvalue weighted by Gasteiger charge is -2.21. The summed E-state index contributed by atoms with van der Waals surface area (Å²) in [7, 11) is 1.65. The highest BCUT2D eigenvalue weighted by Gasteiger charge is 2.28. The van der Waals surface area contributed by atoms with Gasteiger partial charge >= 0.3 is 0 Å². The molecule has 70 valence electrons. The number of nitrogens with one attached hydrogen (secondary N) is 1. The van der Waals surface area contributed by atoms with Gasteiger partial charge in [0.15, 0.2) is 0 Å². The van der Waals surface area contributed by atoms with Gasteiger partial charge in [-0.25, -0.2) is 0 Å². The molecule has 1 fully saturated rings. The van der Waals surface area contributed by atoms with E-state index in [1.165, 1.54) is 0 Å². The summed E-state index contributed by atoms with van der Waals surface area (Å²) < 4.78 is 0. The van der Waals surface area contributed by atoms with Crippen molar-refractivity contribution in [1.29, 1.82) is 0 Å². The maximum Gasteiger partial charge on any atom is 0.237 e. The number of likely N-dealkylation sites (tertiary alicyclic amines) is 1. The summed E-state index contributed by atoms with van der Waals surface area (Å²) >= 11 is 0. The van der Waals surface area contributed by atoms with Crippen LogP contribution in [0.25, 0.3) is 0 Å². The Balaban J connectivity index is 2.45. The van der Waals surface area contributed by atoms with Gasteiger partial charge in [-0.15, -0.1) is 0 Å². The topological polar surface area (TPSA) is 52.6 Å². The monoisotopic (exact) mass is 172 g/mol. The Morgan fingerprint density at radius 3 is 3.08 bits per heavy atom. The number of β-amino-alcohol motifs (C(OH)–C–C–N with tert-alkyl or cyclic N) is 1. The van der Waals surface area contributed by atoms with E-state index in [1.54, 1.807) is 7.05 Å². The second-order valence-corrected chi connectivity index (χ2v) is 3.03. The molecule has 0 radical (unpaired) electrons. The van der Waals surface area contributed by atoms with Gasteiger partial charge in [0.05, 0.1) is 12.6 Å². The Bertz CT molecular complexity index is 161. The lowest BCUT2D eigenvalue weighted by atomic mass is 10.2. The molecular weight excluding hydrogens is 156 g/mol. The first-order valence-corrected chi connectivity index (χ1v) is 4.36. The molecule has 0 aliphatic carbocycles. The Hall–Kier alpha value is -0.610. The molecule has 0 aromatic carbocycles. The molecular formula is C8H16N2O2. The highest BCUT2D eigenvalue weighted by Crippen LogP contribution is 2.16. The Morgan fingerprint density at radius 1 is 1.75 bits per heavy atom. The maximum atomic E-state index is 11.3. The number of hydrogen-bond donors (Lipinski definition) is 2. The fourth-order valence-electron chi connectivity index (χ4n) is 1.69. The van der Waals surface area contributed by atoms with Gasteiger partial charge < -0.3 is 10.4 Å². The molecule has 4 heteroatoms. The molecule has 1 amide bonds. The maximum absolute atomic E-state index is 11.3. The van der Waals surface area contributed by atoms with Crippen LogP contribution in [0, 0.1) is 0 Å². The third kappa shape index (κ3) is 1.95. The minimum atomic E-state index is -0.0119. The minimum Gasteiger partial charge on any atom is -0.395 e. The molecule has 4 nitrogen and oxygen atoms in total. The van der Waals surface area contributed by atoms with Crippen molar-refractivity contribution in [3.8, 4) is 0 Å². The van der Waals surface area contributed by atoms with Crippen molar-refractivity contribution in [3.05, 3.63) is 0 Å². The first kappa shape index (κ1) is 9.48. The zero-order valence-corrected chi connectivity index (χ0v) is 7.42. The van der Waals surface area contributed by atoms with E-state index in [2.05, 4.69) is 5.32 Å². The lowest BCUT2D eigenvalue weighted by Crippen LogP contribution is -2.42. The molecule has 1 heterocycles. The summed E-state index contributed by atoms with van der Waals surface area (Å²) in [5, 5.41) is 11.4. The first-order chi connectivity index (χ1) is 5.79. The molecule has 2 N–H and O–H groups in total. The van der Waals surface area contributed by atoms with E-state index in [1.807, 2.05) is 4.90 Å². The van der Waals surface area contributed by atoms with Gasteiger partial charge in [0.25, 0.3) is 0 Å². The van der Waals surface area contributed by atoms with Crippen LogP contribution in [0.2, 0.25) is 0 Å². The molecule has 0 aromatic rings. The van der Waals surface area contributed by atoms with E-state index in [0.717, 1.165) is 19.4 Å². The minimum absolute atomic E-state index is 0.0119. The number of aliphatic hydroxyl groups excluding tert-OH is 1. The quantitative estimate of drug-likeness (QED) is 0.585. The average Bonchev–Trinajstić information content (AvgIpc) is 2.52. The van der Waals surface area contributed by atoms with Crippen LogP contribution in [0.3, 0.4) is 0 Å². The van der Waals surface area contributed by atoms with Gasteiger partial charge in [0.1, 0.15) is 0 Å². The number of aliphatic hydroxyl groups is 1. The summed E-state index contributed by atoms with van der Waals surface area (Å²) in [4.78, 5) is 13.3. The smallest absolute Gasteiger partial charge is 0.237 e. The summed E-state index contributed by atoms with van der Waals surface area (Å²) in [5.74, 6) is 0.0703. The predicted octanol–water partition coefficient (Wildman–Crippen LogP) is -0.811. The second-order valence-electron chi connectivity index (χ2n) is 3.03. The summed E-state index contributed by atoms with van der Waals surface area (Å²) in [6.07, 6.45) is 1.97. The fourth-order valence-corrected chi connectivity index (χ4v) is 1.69. The Labute approximate surface area is 72.6 Å². The van der Waals surface area contributed by atoms with Crippen LogP contribution >= 0.6 is 0 Å². The summed E-state index contributed by atoms with van der Waals surface area (Å²) in [6.45, 7) is 1.67. The van der Waals surface area contributed by atoms with Crippen LogP contribution in [0.5, 0.6) is 0 Å². The molecule has 1 aliphatic heterocycles. The molecule has 1 unspecified atom stereocenters. The summed E-state index contributed by atoms with van der Waals surface area (Å²) in [5.41, 5.74) is 0. The predicted molar refractivity (Wildman–Crippen MR) is 45.7 cm³/mol. The number of rotatable bonds is 3. The van der Waals surface area contributed by atoms with Gasteiger partial charge in [-0.2, -0.15) is 0 Å². The lowest BCUT2D eigenvalue weighted by molar-refractivity contribution is -0.125. The van der Waals surface area contributed by atoms with Gasteiger partial charge in [0, 0.05) is 13.6 Å². The van der Waals surface area contributed by atoms with Crippen molar-refractivity contribution >= 4 is 5.91 Å². The van der Waals surface area contributed by atoms with E-state index in [9.17, 15) is 4.79 Å². The molecule has 0 bridgehead atoms. The SMILES string of the molecule is CNC(=O)C1CCCN1CCO. The molecule has 0 aromatic heterocycles. The normalized spacial score (nSPS) is 24.3. The van der Waals surface area contributed by atoms with Crippen molar-refractivity contribution in [2.75, 3.05) is 26.7 Å². The summed E-state index contributed by atoms with van der Waals surface area (Å²) in [6, 6.07) is -0.0119. The Morgan fingerprint density at radius 2 is 2.50 bits per heavy atom. The van der Waals surface area contributed by atoms with E-state index in [0.29, 0.717) is 6.54 Å². The highest BCUT2D eigenvalue weighted by atomic mass is 16.3. The van der Waals surface area contributed by atoms with Crippen LogP contribution in [0.4, 0.5) is 0 Å². The van der Waals surface area contributed by atoms with Crippen molar-refractivity contribution in [1.82, 2.24) is 10.2 Å². The van der Waals surface area contributed by atoms with Gasteiger partial charge in [0.2, 0.25) is 5.91 Å². The number of likely N-dealkylation sites (N-methyl/N-ethyl adjacent to an activating group) is 1. The van der Waals surface area contributed by atoms with Crippen molar-refractivity contribution in [2.24, 2.45) is 0 Å². The largest absolute Gasteiger partial charge is 0.395 e. The Kier molecular flexibility index (Phi) is 3.49. The molecule has 0 spiro atoms. The highest BCUT2D eigenvalue weighted by molar-refractivity contribution is 5.81. The van der Waals surface area contributed by atoms with Crippen LogP contribution in [-0.2, 0) is 4.79 Å². The van der Waals surface area contributed by atoms with Crippen molar-refractivity contribution in [3.63, 3.8) is 0 Å². The van der Waals surface area contributed by atoms with Crippen molar-refractivity contribution in [2.45, 2.75) is 18.9 Å². The number of hydrogen-bond acceptors (Lipinski definition) is 3. The third-order valence-corrected chi connectivity index (χ3v) is 2.30. The molecule has 1 saturated heterocycles. The number of amides is 1. The average molecular weight is 172 g/mol. The van der Waals surface area contributed by atoms with E-state index < -0.39 is 0 Å². The number of carbonyl (C=O) groups is 1. The number of carbonyl (C=O) groups excluding carboxylic acids is 1. The van der Waals surface area contributed by atoms with Crippen LogP contribution in [0.1, 0.15) is 12.8 Å². The van der Waals surface area contributed by atoms with Crippen LogP contribution in [-0.4, -0.2) is 48.7 Å². The second kappa shape index (κ2) is 4.42. The van der Waals surface area contributed by atoms with Crippen LogP contribution in [0.15, 0.2) is 0 Å². The van der Waals surface area contributed by atoms with E-state index in [4.69, 9.17) is 5.11 Å². The van der Waals surface area contributed by atoms with Crippen molar-refractivity contribution < 1.29 is 9.90 Å². The first-order valence-electron chi connectivity index (χ1n) is 4.36. The van der Waals surface area contributed by atoms with Crippen LogP contribution < -0.4 is 5.32 Å². The molecule has 1 aliphatic rings. The number of nitrogens with zero attached hydrogens (tertiary/aromatic N) is 1. The third-order valence-electron chi connectivity index (χ3n) is 2.30. The van der Waals surface area contributed by atoms with E-state index >= 15 is 0 Å². The van der Waals surface area contributed by atoms with Gasteiger partial charge in [-0.05, 0) is 19.4 Å².